The van der Waals surface area contributed by atoms with Crippen molar-refractivity contribution in [2.75, 3.05) is 5.32 Å². The summed E-state index contributed by atoms with van der Waals surface area (Å²) in [6.45, 7) is 2.89. The molecule has 7 heteroatoms. The second-order valence-corrected chi connectivity index (χ2v) is 4.92. The molecule has 0 aliphatic carbocycles. The van der Waals surface area contributed by atoms with Gasteiger partial charge in [0.15, 0.2) is 5.57 Å². The fourth-order valence-electron chi connectivity index (χ4n) is 1.78. The fourth-order valence-corrected chi connectivity index (χ4v) is 1.78. The normalized spacial score (nSPS) is 16.1. The van der Waals surface area contributed by atoms with E-state index >= 15 is 0 Å². The quantitative estimate of drug-likeness (QED) is 0.390. The summed E-state index contributed by atoms with van der Waals surface area (Å²) in [5.41, 5.74) is 0.557. The van der Waals surface area contributed by atoms with Crippen LogP contribution in [0.2, 0.25) is 0 Å². The minimum absolute atomic E-state index is 0.194. The Balaban J connectivity index is 2.25. The lowest BCUT2D eigenvalue weighted by Gasteiger charge is -2.29. The number of rotatable bonds is 3. The molecule has 22 heavy (non-hydrogen) atoms. The number of hydrogen-bond acceptors (Lipinski definition) is 7. The molecule has 1 aromatic rings. The maximum absolute atomic E-state index is 11.8. The highest BCUT2D eigenvalue weighted by molar-refractivity contribution is 6.15. The number of carbonyl (C=O) groups excluding carboxylic acids is 3. The second kappa shape index (κ2) is 5.69. The van der Waals surface area contributed by atoms with E-state index in [1.807, 2.05) is 6.07 Å². The van der Waals surface area contributed by atoms with E-state index in [0.717, 1.165) is 6.20 Å². The predicted molar refractivity (Wildman–Crippen MR) is 74.5 cm³/mol. The van der Waals surface area contributed by atoms with Crippen LogP contribution in [0.15, 0.2) is 30.0 Å². The van der Waals surface area contributed by atoms with Gasteiger partial charge in [-0.25, -0.2) is 9.59 Å². The van der Waals surface area contributed by atoms with Crippen LogP contribution < -0.4 is 5.32 Å². The van der Waals surface area contributed by atoms with Gasteiger partial charge in [0.1, 0.15) is 12.4 Å². The van der Waals surface area contributed by atoms with Crippen molar-refractivity contribution in [3.8, 4) is 6.07 Å². The highest BCUT2D eigenvalue weighted by Crippen LogP contribution is 2.23. The molecule has 0 radical (unpaired) electrons. The van der Waals surface area contributed by atoms with Crippen LogP contribution in [0.5, 0.6) is 0 Å². The Labute approximate surface area is 126 Å². The summed E-state index contributed by atoms with van der Waals surface area (Å²) < 4.78 is 9.87. The summed E-state index contributed by atoms with van der Waals surface area (Å²) >= 11 is 0. The highest BCUT2D eigenvalue weighted by atomic mass is 16.7. The molecule has 1 heterocycles. The number of nitriles is 1. The van der Waals surface area contributed by atoms with Crippen LogP contribution in [0.1, 0.15) is 29.8 Å². The number of cyclic esters (lactones) is 2. The van der Waals surface area contributed by atoms with Crippen LogP contribution >= 0.6 is 0 Å². The van der Waals surface area contributed by atoms with Gasteiger partial charge in [-0.1, -0.05) is 0 Å². The monoisotopic (exact) mass is 300 g/mol. The zero-order valence-electron chi connectivity index (χ0n) is 11.9. The summed E-state index contributed by atoms with van der Waals surface area (Å²) in [6, 6.07) is 6.28. The van der Waals surface area contributed by atoms with Crippen LogP contribution in [0.25, 0.3) is 0 Å². The van der Waals surface area contributed by atoms with Crippen molar-refractivity contribution in [3.05, 3.63) is 41.1 Å². The van der Waals surface area contributed by atoms with E-state index in [0.29, 0.717) is 17.5 Å². The van der Waals surface area contributed by atoms with Gasteiger partial charge >= 0.3 is 11.9 Å². The summed E-state index contributed by atoms with van der Waals surface area (Å²) in [6.07, 6.45) is 1.72. The Morgan fingerprint density at radius 2 is 1.86 bits per heavy atom. The third-order valence-electron chi connectivity index (χ3n) is 2.79. The maximum Gasteiger partial charge on any atom is 0.350 e. The molecule has 1 N–H and O–H groups in total. The first-order valence-corrected chi connectivity index (χ1v) is 6.29. The van der Waals surface area contributed by atoms with Crippen molar-refractivity contribution in [1.29, 1.82) is 5.26 Å². The summed E-state index contributed by atoms with van der Waals surface area (Å²) in [7, 11) is 0. The van der Waals surface area contributed by atoms with Gasteiger partial charge in [0, 0.05) is 25.6 Å². The molecule has 0 atom stereocenters. The van der Waals surface area contributed by atoms with E-state index in [-0.39, 0.29) is 11.1 Å². The molecule has 1 aliphatic rings. The first kappa shape index (κ1) is 15.3. The fraction of sp³-hybridized carbons (Fsp3) is 0.200. The first-order valence-electron chi connectivity index (χ1n) is 6.29. The third-order valence-corrected chi connectivity index (χ3v) is 2.79. The van der Waals surface area contributed by atoms with Gasteiger partial charge in [-0.15, -0.1) is 0 Å². The van der Waals surface area contributed by atoms with Crippen molar-refractivity contribution in [2.45, 2.75) is 19.6 Å². The predicted octanol–water partition coefficient (Wildman–Crippen LogP) is 1.50. The van der Waals surface area contributed by atoms with Gasteiger partial charge < -0.3 is 14.8 Å². The molecule has 0 spiro atoms. The molecule has 0 bridgehead atoms. The summed E-state index contributed by atoms with van der Waals surface area (Å²) in [5.74, 6) is -2.96. The van der Waals surface area contributed by atoms with Gasteiger partial charge in [0.2, 0.25) is 0 Å². The summed E-state index contributed by atoms with van der Waals surface area (Å²) in [4.78, 5) is 34.2. The number of benzene rings is 1. The van der Waals surface area contributed by atoms with Gasteiger partial charge in [-0.05, 0) is 18.2 Å². The number of aldehydes is 1. The first-order chi connectivity index (χ1) is 10.4. The van der Waals surface area contributed by atoms with Crippen molar-refractivity contribution in [1.82, 2.24) is 0 Å². The van der Waals surface area contributed by atoms with Crippen molar-refractivity contribution in [2.24, 2.45) is 0 Å². The zero-order valence-corrected chi connectivity index (χ0v) is 11.9. The van der Waals surface area contributed by atoms with Gasteiger partial charge in [0.25, 0.3) is 5.79 Å². The molecule has 0 unspecified atom stereocenters. The molecule has 0 saturated carbocycles. The van der Waals surface area contributed by atoms with E-state index in [4.69, 9.17) is 14.7 Å². The topological polar surface area (TPSA) is 105 Å². The standard InChI is InChI=1S/C15H12N2O5/c1-15(2)21-13(19)11(14(20)22-15)7-17-12-4-3-9(8-18)5-10(12)6-16/h3-5,7-8,17H,1-2H3. The molecular weight excluding hydrogens is 288 g/mol. The Morgan fingerprint density at radius 3 is 2.41 bits per heavy atom. The maximum atomic E-state index is 11.8. The number of hydrogen-bond donors (Lipinski definition) is 1. The SMILES string of the molecule is CC1(C)OC(=O)C(=CNc2ccc(C=O)cc2C#N)C(=O)O1. The Morgan fingerprint density at radius 1 is 1.23 bits per heavy atom. The molecule has 1 saturated heterocycles. The van der Waals surface area contributed by atoms with E-state index < -0.39 is 17.7 Å². The Kier molecular flexibility index (Phi) is 3.95. The Hall–Kier alpha value is -3.14. The van der Waals surface area contributed by atoms with Crippen molar-refractivity contribution in [3.63, 3.8) is 0 Å². The smallest absolute Gasteiger partial charge is 0.350 e. The number of anilines is 1. The van der Waals surface area contributed by atoms with Gasteiger partial charge in [-0.3, -0.25) is 4.79 Å². The van der Waals surface area contributed by atoms with Crippen LogP contribution in [0, 0.1) is 11.3 Å². The largest absolute Gasteiger partial charge is 0.419 e. The second-order valence-electron chi connectivity index (χ2n) is 4.92. The molecule has 1 aromatic carbocycles. The molecule has 1 fully saturated rings. The van der Waals surface area contributed by atoms with Crippen LogP contribution in [0.3, 0.4) is 0 Å². The minimum atomic E-state index is -1.31. The molecule has 0 aromatic heterocycles. The molecule has 2 rings (SSSR count). The van der Waals surface area contributed by atoms with Crippen LogP contribution in [-0.4, -0.2) is 24.0 Å². The van der Waals surface area contributed by atoms with Crippen LogP contribution in [-0.2, 0) is 19.1 Å². The van der Waals surface area contributed by atoms with Crippen molar-refractivity contribution < 1.29 is 23.9 Å². The summed E-state index contributed by atoms with van der Waals surface area (Å²) in [5, 5.41) is 11.7. The minimum Gasteiger partial charge on any atom is -0.419 e. The zero-order chi connectivity index (χ0) is 16.3. The number of esters is 2. The third kappa shape index (κ3) is 3.12. The van der Waals surface area contributed by atoms with Gasteiger partial charge in [-0.2, -0.15) is 5.26 Å². The van der Waals surface area contributed by atoms with Crippen LogP contribution in [0.4, 0.5) is 5.69 Å². The highest BCUT2D eigenvalue weighted by Gasteiger charge is 2.38. The number of nitrogens with one attached hydrogen (secondary N) is 1. The van der Waals surface area contributed by atoms with Gasteiger partial charge in [0.05, 0.1) is 11.3 Å². The lowest BCUT2D eigenvalue weighted by Crippen LogP contribution is -2.42. The number of nitrogens with zero attached hydrogens (tertiary/aromatic N) is 1. The van der Waals surface area contributed by atoms with E-state index in [1.54, 1.807) is 0 Å². The number of ether oxygens (including phenoxy) is 2. The Bertz CT molecular complexity index is 706. The lowest BCUT2D eigenvalue weighted by molar-refractivity contribution is -0.222. The molecule has 1 aliphatic heterocycles. The molecule has 0 amide bonds. The van der Waals surface area contributed by atoms with E-state index in [2.05, 4.69) is 5.32 Å². The van der Waals surface area contributed by atoms with Crippen molar-refractivity contribution >= 4 is 23.9 Å². The molecule has 112 valence electrons. The molecule has 7 nitrogen and oxygen atoms in total. The average Bonchev–Trinajstić information content (AvgIpc) is 2.45. The lowest BCUT2D eigenvalue weighted by atomic mass is 10.1. The molecular formula is C15H12N2O5. The average molecular weight is 300 g/mol. The number of carbonyl (C=O) groups is 3. The van der Waals surface area contributed by atoms with E-state index in [1.165, 1.54) is 32.0 Å². The van der Waals surface area contributed by atoms with E-state index in [9.17, 15) is 14.4 Å².